The van der Waals surface area contributed by atoms with Gasteiger partial charge in [-0.2, -0.15) is 0 Å². The Hall–Kier alpha value is -0.990. The Balaban J connectivity index is 1.85. The van der Waals surface area contributed by atoms with Gasteiger partial charge >= 0.3 is 0 Å². The monoisotopic (exact) mass is 317 g/mol. The molecule has 2 aliphatic heterocycles. The molecule has 21 heavy (non-hydrogen) atoms. The number of sulfonamides is 1. The van der Waals surface area contributed by atoms with Crippen molar-refractivity contribution in [3.63, 3.8) is 0 Å². The summed E-state index contributed by atoms with van der Waals surface area (Å²) in [7, 11) is -2.12. The fourth-order valence-electron chi connectivity index (χ4n) is 2.77. The molecule has 7 nitrogen and oxygen atoms in total. The summed E-state index contributed by atoms with van der Waals surface area (Å²) in [6.45, 7) is 0.937. The van der Waals surface area contributed by atoms with Crippen LogP contribution in [0.3, 0.4) is 0 Å². The first-order valence-corrected chi connectivity index (χ1v) is 9.08. The average Bonchev–Trinajstić information content (AvgIpc) is 2.47. The molecule has 0 spiro atoms. The molecular weight excluding hydrogens is 294 g/mol. The van der Waals surface area contributed by atoms with Crippen LogP contribution in [0, 0.1) is 0 Å². The summed E-state index contributed by atoms with van der Waals surface area (Å²) in [4.78, 5) is 24.3. The zero-order valence-electron chi connectivity index (χ0n) is 12.3. The number of amides is 2. The van der Waals surface area contributed by atoms with Gasteiger partial charge in [-0.25, -0.2) is 13.1 Å². The number of likely N-dealkylation sites (N-methyl/N-ethyl adjacent to an activating group) is 1. The molecule has 2 unspecified atom stereocenters. The molecule has 2 atom stereocenters. The highest BCUT2D eigenvalue weighted by Crippen LogP contribution is 2.14. The van der Waals surface area contributed by atoms with Crippen LogP contribution < -0.4 is 10.0 Å². The minimum absolute atomic E-state index is 0.00606. The van der Waals surface area contributed by atoms with E-state index < -0.39 is 22.0 Å². The number of carbonyl (C=O) groups is 2. The number of nitrogens with zero attached hydrogens (tertiary/aromatic N) is 1. The van der Waals surface area contributed by atoms with E-state index >= 15 is 0 Å². The lowest BCUT2D eigenvalue weighted by molar-refractivity contribution is -0.147. The van der Waals surface area contributed by atoms with Crippen LogP contribution in [0.1, 0.15) is 38.5 Å². The van der Waals surface area contributed by atoms with Crippen LogP contribution in [-0.4, -0.2) is 56.6 Å². The van der Waals surface area contributed by atoms with Gasteiger partial charge in [-0.15, -0.1) is 0 Å². The normalized spacial score (nSPS) is 28.0. The number of rotatable bonds is 5. The molecule has 0 aromatic carbocycles. The zero-order chi connectivity index (χ0) is 15.5. The fourth-order valence-corrected chi connectivity index (χ4v) is 4.13. The van der Waals surface area contributed by atoms with Gasteiger partial charge in [-0.3, -0.25) is 14.5 Å². The van der Waals surface area contributed by atoms with Gasteiger partial charge in [0.05, 0.1) is 5.75 Å². The molecule has 2 aliphatic rings. The van der Waals surface area contributed by atoms with Crippen LogP contribution in [0.5, 0.6) is 0 Å². The van der Waals surface area contributed by atoms with Gasteiger partial charge in [-0.1, -0.05) is 6.42 Å². The molecule has 8 heteroatoms. The zero-order valence-corrected chi connectivity index (χ0v) is 13.1. The third-order valence-corrected chi connectivity index (χ3v) is 5.54. The molecule has 2 fully saturated rings. The van der Waals surface area contributed by atoms with Gasteiger partial charge < -0.3 is 5.32 Å². The summed E-state index contributed by atoms with van der Waals surface area (Å²) in [5.74, 6) is -0.723. The van der Waals surface area contributed by atoms with Crippen LogP contribution in [0.15, 0.2) is 0 Å². The fraction of sp³-hybridized carbons (Fsp3) is 0.846. The van der Waals surface area contributed by atoms with E-state index in [2.05, 4.69) is 10.0 Å². The molecule has 0 bridgehead atoms. The number of likely N-dealkylation sites (tertiary alicyclic amines) is 1. The van der Waals surface area contributed by atoms with Gasteiger partial charge in [0.15, 0.2) is 0 Å². The Kier molecular flexibility index (Phi) is 5.34. The van der Waals surface area contributed by atoms with Crippen molar-refractivity contribution in [3.05, 3.63) is 0 Å². The molecule has 0 aromatic rings. The third kappa shape index (κ3) is 4.49. The van der Waals surface area contributed by atoms with Crippen molar-refractivity contribution in [2.24, 2.45) is 0 Å². The van der Waals surface area contributed by atoms with Crippen molar-refractivity contribution < 1.29 is 18.0 Å². The molecular formula is C13H23N3O4S. The van der Waals surface area contributed by atoms with E-state index in [1.807, 2.05) is 0 Å². The number of piperidine rings is 2. The van der Waals surface area contributed by atoms with Crippen LogP contribution in [0.2, 0.25) is 0 Å². The van der Waals surface area contributed by atoms with E-state index in [1.165, 1.54) is 7.05 Å². The number of hydrogen-bond donors (Lipinski definition) is 2. The minimum Gasteiger partial charge on any atom is -0.314 e. The van der Waals surface area contributed by atoms with E-state index in [1.54, 1.807) is 0 Å². The Morgan fingerprint density at radius 3 is 2.71 bits per heavy atom. The van der Waals surface area contributed by atoms with Crippen molar-refractivity contribution in [3.8, 4) is 0 Å². The summed E-state index contributed by atoms with van der Waals surface area (Å²) >= 11 is 0. The second-order valence-electron chi connectivity index (χ2n) is 5.75. The molecule has 0 aromatic heterocycles. The summed E-state index contributed by atoms with van der Waals surface area (Å²) in [6, 6.07) is -0.571. The Labute approximate surface area is 125 Å². The molecule has 0 saturated carbocycles. The van der Waals surface area contributed by atoms with Gasteiger partial charge in [0.1, 0.15) is 6.04 Å². The predicted molar refractivity (Wildman–Crippen MR) is 78.0 cm³/mol. The quantitative estimate of drug-likeness (QED) is 0.672. The Morgan fingerprint density at radius 1 is 1.29 bits per heavy atom. The lowest BCUT2D eigenvalue weighted by Gasteiger charge is -2.28. The molecule has 2 rings (SSSR count). The van der Waals surface area contributed by atoms with Crippen LogP contribution in [0.25, 0.3) is 0 Å². The second-order valence-corrected chi connectivity index (χ2v) is 7.63. The first-order valence-electron chi connectivity index (χ1n) is 7.43. The maximum absolute atomic E-state index is 12.1. The van der Waals surface area contributed by atoms with Crippen LogP contribution in [0.4, 0.5) is 0 Å². The standard InChI is InChI=1S/C13H23N3O4S/c1-16-12(17)6-5-11(13(16)18)15-21(19,20)9-7-10-4-2-3-8-14-10/h10-11,14-15H,2-9H2,1H3. The van der Waals surface area contributed by atoms with Crippen LogP contribution in [-0.2, 0) is 19.6 Å². The van der Waals surface area contributed by atoms with E-state index in [0.29, 0.717) is 6.42 Å². The third-order valence-electron chi connectivity index (χ3n) is 4.12. The summed E-state index contributed by atoms with van der Waals surface area (Å²) < 4.78 is 26.6. The van der Waals surface area contributed by atoms with E-state index in [0.717, 1.165) is 30.7 Å². The van der Waals surface area contributed by atoms with Crippen molar-refractivity contribution in [2.75, 3.05) is 19.3 Å². The second kappa shape index (κ2) is 6.85. The molecule has 0 aliphatic carbocycles. The Bertz CT molecular complexity index is 500. The maximum Gasteiger partial charge on any atom is 0.247 e. The van der Waals surface area contributed by atoms with Gasteiger partial charge in [-0.05, 0) is 32.2 Å². The summed E-state index contributed by atoms with van der Waals surface area (Å²) in [5, 5.41) is 3.30. The smallest absolute Gasteiger partial charge is 0.247 e. The molecule has 2 amide bonds. The van der Waals surface area contributed by atoms with E-state index in [9.17, 15) is 18.0 Å². The number of nitrogens with one attached hydrogen (secondary N) is 2. The number of imide groups is 1. The van der Waals surface area contributed by atoms with Crippen LogP contribution >= 0.6 is 0 Å². The van der Waals surface area contributed by atoms with E-state index in [4.69, 9.17) is 0 Å². The molecule has 0 radical (unpaired) electrons. The lowest BCUT2D eigenvalue weighted by Crippen LogP contribution is -2.53. The maximum atomic E-state index is 12.1. The topological polar surface area (TPSA) is 95.6 Å². The first kappa shape index (κ1) is 16.4. The number of carbonyl (C=O) groups excluding carboxylic acids is 2. The van der Waals surface area contributed by atoms with Gasteiger partial charge in [0.2, 0.25) is 21.8 Å². The average molecular weight is 317 g/mol. The molecule has 120 valence electrons. The van der Waals surface area contributed by atoms with Crippen molar-refractivity contribution in [1.82, 2.24) is 14.9 Å². The molecule has 2 heterocycles. The lowest BCUT2D eigenvalue weighted by atomic mass is 10.0. The van der Waals surface area contributed by atoms with E-state index in [-0.39, 0.29) is 30.5 Å². The predicted octanol–water partition coefficient (Wildman–Crippen LogP) is -0.415. The Morgan fingerprint density at radius 2 is 2.05 bits per heavy atom. The van der Waals surface area contributed by atoms with Crippen molar-refractivity contribution in [1.29, 1.82) is 0 Å². The van der Waals surface area contributed by atoms with Crippen molar-refractivity contribution >= 4 is 21.8 Å². The highest BCUT2D eigenvalue weighted by atomic mass is 32.2. The van der Waals surface area contributed by atoms with Gasteiger partial charge in [0, 0.05) is 19.5 Å². The molecule has 2 saturated heterocycles. The SMILES string of the molecule is CN1C(=O)CCC(NS(=O)(=O)CCC2CCCCN2)C1=O. The van der Waals surface area contributed by atoms with Gasteiger partial charge in [0.25, 0.3) is 0 Å². The highest BCUT2D eigenvalue weighted by Gasteiger charge is 2.34. The van der Waals surface area contributed by atoms with Crippen molar-refractivity contribution in [2.45, 2.75) is 50.6 Å². The first-order chi connectivity index (χ1) is 9.89. The molecule has 2 N–H and O–H groups in total. The highest BCUT2D eigenvalue weighted by molar-refractivity contribution is 7.89. The summed E-state index contributed by atoms with van der Waals surface area (Å²) in [5.41, 5.74) is 0. The minimum atomic E-state index is -3.50. The summed E-state index contributed by atoms with van der Waals surface area (Å²) in [6.07, 6.45) is 4.24. The largest absolute Gasteiger partial charge is 0.314 e. The number of hydrogen-bond acceptors (Lipinski definition) is 5.